The molecule has 0 saturated heterocycles. The molecule has 1 aromatic heterocycles. The van der Waals surface area contributed by atoms with Crippen molar-refractivity contribution in [3.63, 3.8) is 0 Å². The second-order valence-corrected chi connectivity index (χ2v) is 7.25. The summed E-state index contributed by atoms with van der Waals surface area (Å²) in [5.41, 5.74) is 6.96. The lowest BCUT2D eigenvalue weighted by Crippen LogP contribution is -2.05. The van der Waals surface area contributed by atoms with Crippen LogP contribution in [0.1, 0.15) is 53.4 Å². The Bertz CT molecular complexity index is 1110. The summed E-state index contributed by atoms with van der Waals surface area (Å²) in [4.78, 5) is 12.1. The van der Waals surface area contributed by atoms with Crippen LogP contribution in [-0.4, -0.2) is 22.8 Å². The van der Waals surface area contributed by atoms with Crippen LogP contribution in [0, 0.1) is 0 Å². The summed E-state index contributed by atoms with van der Waals surface area (Å²) in [6, 6.07) is 13.7. The van der Waals surface area contributed by atoms with Gasteiger partial charge in [0.1, 0.15) is 0 Å². The van der Waals surface area contributed by atoms with E-state index >= 15 is 0 Å². The number of carbonyl (C=O) groups excluding carboxylic acids is 1. The number of allylic oxidation sites excluding steroid dienone is 2. The molecule has 2 heterocycles. The molecule has 1 aliphatic heterocycles. The minimum Gasteiger partial charge on any atom is -0.465 e. The van der Waals surface area contributed by atoms with Crippen molar-refractivity contribution in [1.82, 2.24) is 4.57 Å². The molecule has 136 valence electrons. The lowest BCUT2D eigenvalue weighted by Gasteiger charge is -2.14. The molecule has 5 rings (SSSR count). The fourth-order valence-electron chi connectivity index (χ4n) is 4.54. The maximum Gasteiger partial charge on any atom is 0.337 e. The minimum atomic E-state index is -0.746. The molecule has 0 radical (unpaired) electrons. The summed E-state index contributed by atoms with van der Waals surface area (Å²) in [6.45, 7) is 0. The quantitative estimate of drug-likeness (QED) is 0.662. The van der Waals surface area contributed by atoms with Gasteiger partial charge < -0.3 is 14.4 Å². The Kier molecular flexibility index (Phi) is 3.69. The monoisotopic (exact) mass is 359 g/mol. The van der Waals surface area contributed by atoms with E-state index in [1.165, 1.54) is 31.1 Å². The van der Waals surface area contributed by atoms with Crippen LogP contribution in [0.5, 0.6) is 0 Å². The van der Waals surface area contributed by atoms with Gasteiger partial charge in [0.25, 0.3) is 0 Å². The van der Waals surface area contributed by atoms with Crippen LogP contribution >= 0.6 is 0 Å². The van der Waals surface area contributed by atoms with E-state index in [1.54, 1.807) is 0 Å². The van der Waals surface area contributed by atoms with Gasteiger partial charge in [-0.3, -0.25) is 0 Å². The second kappa shape index (κ2) is 6.10. The van der Waals surface area contributed by atoms with Crippen molar-refractivity contribution >= 4 is 22.4 Å². The summed E-state index contributed by atoms with van der Waals surface area (Å²) in [5.74, 6) is -0.365. The number of esters is 1. The maximum absolute atomic E-state index is 12.1. The highest BCUT2D eigenvalue weighted by molar-refractivity contribution is 6.05. The summed E-state index contributed by atoms with van der Waals surface area (Å²) in [7, 11) is 1.39. The number of ether oxygens (including phenoxy) is 1. The molecule has 1 N–H and O–H groups in total. The molecule has 27 heavy (non-hydrogen) atoms. The predicted octanol–water partition coefficient (Wildman–Crippen LogP) is 4.90. The summed E-state index contributed by atoms with van der Waals surface area (Å²) in [5, 5.41) is 12.1. The number of fused-ring (bicyclic) bond motifs is 5. The highest BCUT2D eigenvalue weighted by atomic mass is 16.5. The molecule has 2 aliphatic rings. The van der Waals surface area contributed by atoms with E-state index in [4.69, 9.17) is 4.74 Å². The Morgan fingerprint density at radius 2 is 2.04 bits per heavy atom. The van der Waals surface area contributed by atoms with Gasteiger partial charge in [-0.15, -0.1) is 0 Å². The van der Waals surface area contributed by atoms with Crippen LogP contribution in [-0.2, 0) is 4.74 Å². The fraction of sp³-hybridized carbons (Fsp3) is 0.261. The van der Waals surface area contributed by atoms with Crippen molar-refractivity contribution in [2.45, 2.75) is 31.9 Å². The Morgan fingerprint density at radius 3 is 2.81 bits per heavy atom. The number of benzene rings is 2. The predicted molar refractivity (Wildman–Crippen MR) is 106 cm³/mol. The third-order valence-electron chi connectivity index (χ3n) is 5.78. The number of methoxy groups -OCH3 is 1. The van der Waals surface area contributed by atoms with E-state index in [2.05, 4.69) is 12.1 Å². The van der Waals surface area contributed by atoms with Gasteiger partial charge in [0.2, 0.25) is 0 Å². The van der Waals surface area contributed by atoms with Crippen molar-refractivity contribution in [2.75, 3.05) is 7.11 Å². The Labute approximate surface area is 157 Å². The van der Waals surface area contributed by atoms with Gasteiger partial charge in [-0.05, 0) is 43.4 Å². The molecule has 0 bridgehead atoms. The van der Waals surface area contributed by atoms with Gasteiger partial charge in [-0.25, -0.2) is 4.79 Å². The van der Waals surface area contributed by atoms with E-state index in [9.17, 15) is 9.90 Å². The van der Waals surface area contributed by atoms with Gasteiger partial charge in [0, 0.05) is 22.1 Å². The first-order valence-corrected chi connectivity index (χ1v) is 9.43. The van der Waals surface area contributed by atoms with Crippen molar-refractivity contribution in [3.8, 4) is 11.3 Å². The summed E-state index contributed by atoms with van der Waals surface area (Å²) < 4.78 is 6.86. The first kappa shape index (κ1) is 16.3. The van der Waals surface area contributed by atoms with Crippen LogP contribution in [0.3, 0.4) is 0 Å². The number of aliphatic hydroxyl groups excluding tert-OH is 1. The molecular formula is C23H21NO3. The van der Waals surface area contributed by atoms with Crippen LogP contribution in [0.4, 0.5) is 0 Å². The summed E-state index contributed by atoms with van der Waals surface area (Å²) >= 11 is 0. The van der Waals surface area contributed by atoms with Gasteiger partial charge >= 0.3 is 5.97 Å². The number of carbonyl (C=O) groups is 1. The molecule has 0 fully saturated rings. The van der Waals surface area contributed by atoms with E-state index in [0.29, 0.717) is 5.56 Å². The Morgan fingerprint density at radius 1 is 1.19 bits per heavy atom. The number of aliphatic hydroxyl groups is 1. The molecule has 1 atom stereocenters. The normalized spacial score (nSPS) is 18.1. The van der Waals surface area contributed by atoms with Crippen LogP contribution in [0.2, 0.25) is 0 Å². The number of nitrogens with zero attached hydrogens (tertiary/aromatic N) is 1. The molecule has 0 saturated carbocycles. The molecule has 4 heteroatoms. The third kappa shape index (κ3) is 2.30. The first-order chi connectivity index (χ1) is 13.2. The smallest absolute Gasteiger partial charge is 0.337 e. The number of aromatic nitrogens is 1. The Hall–Kier alpha value is -2.85. The lowest BCUT2D eigenvalue weighted by molar-refractivity contribution is 0.0600. The van der Waals surface area contributed by atoms with Gasteiger partial charge in [-0.1, -0.05) is 36.4 Å². The summed E-state index contributed by atoms with van der Waals surface area (Å²) in [6.07, 6.45) is 6.13. The molecule has 0 amide bonds. The zero-order chi connectivity index (χ0) is 18.5. The van der Waals surface area contributed by atoms with Crippen LogP contribution in [0.15, 0.2) is 48.5 Å². The van der Waals surface area contributed by atoms with Gasteiger partial charge in [0.15, 0.2) is 6.23 Å². The fourth-order valence-corrected chi connectivity index (χ4v) is 4.54. The van der Waals surface area contributed by atoms with Crippen molar-refractivity contribution in [1.29, 1.82) is 0 Å². The molecule has 3 aromatic rings. The lowest BCUT2D eigenvalue weighted by atomic mass is 9.89. The van der Waals surface area contributed by atoms with E-state index < -0.39 is 6.23 Å². The standard InChI is InChI=1S/C23H21NO3/c1-27-23(26)15-11-12-18-19(13-15)24-21(20(18)14-7-3-2-4-8-14)16-9-5-6-10-17(16)22(24)25/h5-7,9-13,22,25H,2-4,8H2,1H3. The van der Waals surface area contributed by atoms with Crippen molar-refractivity contribution in [2.24, 2.45) is 0 Å². The number of hydrogen-bond donors (Lipinski definition) is 1. The second-order valence-electron chi connectivity index (χ2n) is 7.25. The van der Waals surface area contributed by atoms with Crippen molar-refractivity contribution < 1.29 is 14.6 Å². The Balaban J connectivity index is 1.86. The molecule has 2 aromatic carbocycles. The van der Waals surface area contributed by atoms with Gasteiger partial charge in [-0.2, -0.15) is 0 Å². The minimum absolute atomic E-state index is 0.365. The molecule has 1 unspecified atom stereocenters. The van der Waals surface area contributed by atoms with Crippen molar-refractivity contribution in [3.05, 3.63) is 65.2 Å². The third-order valence-corrected chi connectivity index (χ3v) is 5.78. The average Bonchev–Trinajstić information content (AvgIpc) is 3.21. The number of hydrogen-bond acceptors (Lipinski definition) is 3. The average molecular weight is 359 g/mol. The highest BCUT2D eigenvalue weighted by Crippen LogP contribution is 2.49. The van der Waals surface area contributed by atoms with E-state index in [0.717, 1.165) is 40.6 Å². The van der Waals surface area contributed by atoms with Crippen LogP contribution in [0.25, 0.3) is 27.7 Å². The largest absolute Gasteiger partial charge is 0.465 e. The maximum atomic E-state index is 12.1. The molecular weight excluding hydrogens is 338 g/mol. The zero-order valence-electron chi connectivity index (χ0n) is 15.2. The number of rotatable bonds is 2. The first-order valence-electron chi connectivity index (χ1n) is 9.43. The SMILES string of the molecule is COC(=O)c1ccc2c(C3=CCCCC3)c3n(c2c1)C(O)c1ccccc1-3. The van der Waals surface area contributed by atoms with E-state index in [-0.39, 0.29) is 5.97 Å². The van der Waals surface area contributed by atoms with Crippen LogP contribution < -0.4 is 0 Å². The molecule has 1 aliphatic carbocycles. The highest BCUT2D eigenvalue weighted by Gasteiger charge is 2.33. The topological polar surface area (TPSA) is 51.5 Å². The molecule has 0 spiro atoms. The zero-order valence-corrected chi connectivity index (χ0v) is 15.2. The van der Waals surface area contributed by atoms with Gasteiger partial charge in [0.05, 0.1) is 23.9 Å². The molecule has 4 nitrogen and oxygen atoms in total. The van der Waals surface area contributed by atoms with E-state index in [1.807, 2.05) is 41.0 Å².